The molecule has 10 nitrogen and oxygen atoms in total. The number of nitrogens with one attached hydrogen (secondary N) is 1. The highest BCUT2D eigenvalue weighted by atomic mass is 32.2. The van der Waals surface area contributed by atoms with Gasteiger partial charge in [0.1, 0.15) is 23.6 Å². The van der Waals surface area contributed by atoms with E-state index in [0.29, 0.717) is 17.1 Å². The van der Waals surface area contributed by atoms with Gasteiger partial charge in [0.05, 0.1) is 23.9 Å². The molecule has 0 bridgehead atoms. The van der Waals surface area contributed by atoms with Crippen molar-refractivity contribution in [3.8, 4) is 11.5 Å². The summed E-state index contributed by atoms with van der Waals surface area (Å²) in [6.45, 7) is 6.41. The van der Waals surface area contributed by atoms with Crippen LogP contribution in [0.4, 0.5) is 5.69 Å². The highest BCUT2D eigenvalue weighted by Gasteiger charge is 2.29. The topological polar surface area (TPSA) is 124 Å². The Morgan fingerprint density at radius 1 is 0.975 bits per heavy atom. The number of hydrazone groups is 1. The van der Waals surface area contributed by atoms with Gasteiger partial charge in [-0.05, 0) is 81.8 Å². The van der Waals surface area contributed by atoms with E-state index in [2.05, 4.69) is 10.5 Å². The Bertz CT molecular complexity index is 1450. The Morgan fingerprint density at radius 2 is 1.62 bits per heavy atom. The van der Waals surface area contributed by atoms with Crippen molar-refractivity contribution in [3.63, 3.8) is 0 Å². The summed E-state index contributed by atoms with van der Waals surface area (Å²) in [7, 11) is -2.68. The van der Waals surface area contributed by atoms with Gasteiger partial charge < -0.3 is 14.2 Å². The predicted octanol–water partition coefficient (Wildman–Crippen LogP) is 4.07. The average molecular weight is 568 g/mol. The molecular formula is C29H33N3O7S. The molecule has 3 aromatic carbocycles. The third-order valence-electron chi connectivity index (χ3n) is 5.31. The number of amides is 1. The van der Waals surface area contributed by atoms with Gasteiger partial charge in [-0.1, -0.05) is 29.8 Å². The van der Waals surface area contributed by atoms with E-state index in [1.807, 2.05) is 6.92 Å². The fourth-order valence-electron chi connectivity index (χ4n) is 3.48. The van der Waals surface area contributed by atoms with Crippen molar-refractivity contribution in [2.45, 2.75) is 38.2 Å². The van der Waals surface area contributed by atoms with Crippen LogP contribution in [0.1, 0.15) is 31.9 Å². The van der Waals surface area contributed by atoms with Gasteiger partial charge in [-0.3, -0.25) is 9.10 Å². The Hall–Kier alpha value is -4.38. The van der Waals surface area contributed by atoms with Crippen LogP contribution in [0.5, 0.6) is 11.5 Å². The zero-order valence-electron chi connectivity index (χ0n) is 23.1. The lowest BCUT2D eigenvalue weighted by Gasteiger charge is -2.25. The quantitative estimate of drug-likeness (QED) is 0.210. The van der Waals surface area contributed by atoms with E-state index in [-0.39, 0.29) is 17.2 Å². The van der Waals surface area contributed by atoms with E-state index in [9.17, 15) is 18.0 Å². The molecule has 0 radical (unpaired) electrons. The highest BCUT2D eigenvalue weighted by Crippen LogP contribution is 2.32. The SMILES string of the molecule is COc1ccccc1N(CC(=O)N/N=C\c1ccc(OCC(=O)OC(C)(C)C)cc1)S(=O)(=O)c1ccc(C)cc1. The summed E-state index contributed by atoms with van der Waals surface area (Å²) >= 11 is 0. The number of sulfonamides is 1. The number of carbonyl (C=O) groups excluding carboxylic acids is 2. The molecule has 0 aliphatic rings. The second-order valence-corrected chi connectivity index (χ2v) is 11.6. The molecular weight excluding hydrogens is 534 g/mol. The van der Waals surface area contributed by atoms with E-state index in [1.165, 1.54) is 25.5 Å². The standard InChI is InChI=1S/C29H33N3O7S/c1-21-10-16-24(17-11-21)40(35,36)32(25-8-6-7-9-26(25)37-5)19-27(33)31-30-18-22-12-14-23(15-13-22)38-20-28(34)39-29(2,3)4/h6-18H,19-20H2,1-5H3,(H,31,33)/b30-18-. The Morgan fingerprint density at radius 3 is 2.25 bits per heavy atom. The van der Waals surface area contributed by atoms with Crippen LogP contribution in [0.25, 0.3) is 0 Å². The van der Waals surface area contributed by atoms with Crippen molar-refractivity contribution in [1.29, 1.82) is 0 Å². The number of hydrogen-bond donors (Lipinski definition) is 1. The van der Waals surface area contributed by atoms with Crippen LogP contribution < -0.4 is 19.2 Å². The summed E-state index contributed by atoms with van der Waals surface area (Å²) in [6, 6.07) is 19.6. The molecule has 0 atom stereocenters. The second-order valence-electron chi connectivity index (χ2n) is 9.73. The molecule has 0 saturated carbocycles. The summed E-state index contributed by atoms with van der Waals surface area (Å²) in [5.41, 5.74) is 3.52. The molecule has 0 spiro atoms. The van der Waals surface area contributed by atoms with Gasteiger partial charge in [-0.25, -0.2) is 18.6 Å². The van der Waals surface area contributed by atoms with E-state index < -0.39 is 34.0 Å². The normalized spacial score (nSPS) is 11.6. The molecule has 0 heterocycles. The van der Waals surface area contributed by atoms with Crippen molar-refractivity contribution in [2.75, 3.05) is 24.6 Å². The van der Waals surface area contributed by atoms with E-state index >= 15 is 0 Å². The molecule has 3 aromatic rings. The summed E-state index contributed by atoms with van der Waals surface area (Å²) in [4.78, 5) is 24.7. The number of esters is 1. The maximum atomic E-state index is 13.5. The summed E-state index contributed by atoms with van der Waals surface area (Å²) in [5, 5.41) is 3.95. The Kier molecular flexibility index (Phi) is 9.89. The van der Waals surface area contributed by atoms with Crippen molar-refractivity contribution in [3.05, 3.63) is 83.9 Å². The molecule has 0 aliphatic carbocycles. The first-order chi connectivity index (χ1) is 18.9. The monoisotopic (exact) mass is 567 g/mol. The summed E-state index contributed by atoms with van der Waals surface area (Å²) < 4.78 is 44.1. The minimum absolute atomic E-state index is 0.0364. The van der Waals surface area contributed by atoms with Crippen molar-refractivity contribution in [1.82, 2.24) is 5.43 Å². The third-order valence-corrected chi connectivity index (χ3v) is 7.08. The molecule has 11 heteroatoms. The lowest BCUT2D eigenvalue weighted by atomic mass is 10.2. The highest BCUT2D eigenvalue weighted by molar-refractivity contribution is 7.92. The van der Waals surface area contributed by atoms with Gasteiger partial charge in [0.2, 0.25) is 0 Å². The molecule has 0 fully saturated rings. The van der Waals surface area contributed by atoms with Crippen molar-refractivity contribution in [2.24, 2.45) is 5.10 Å². The number of rotatable bonds is 11. The van der Waals surface area contributed by atoms with E-state index in [0.717, 1.165) is 9.87 Å². The van der Waals surface area contributed by atoms with Gasteiger partial charge >= 0.3 is 5.97 Å². The second kappa shape index (κ2) is 13.1. The molecule has 0 aromatic heterocycles. The largest absolute Gasteiger partial charge is 0.495 e. The number of para-hydroxylation sites is 2. The molecule has 0 unspecified atom stereocenters. The first-order valence-corrected chi connectivity index (χ1v) is 13.8. The first-order valence-electron chi connectivity index (χ1n) is 12.4. The van der Waals surface area contributed by atoms with Crippen LogP contribution in [0.2, 0.25) is 0 Å². The predicted molar refractivity (Wildman–Crippen MR) is 152 cm³/mol. The zero-order valence-corrected chi connectivity index (χ0v) is 23.9. The maximum Gasteiger partial charge on any atom is 0.344 e. The van der Waals surface area contributed by atoms with Gasteiger partial charge in [-0.15, -0.1) is 0 Å². The number of anilines is 1. The number of ether oxygens (including phenoxy) is 3. The fourth-order valence-corrected chi connectivity index (χ4v) is 4.91. The summed E-state index contributed by atoms with van der Waals surface area (Å²) in [5.74, 6) is -0.383. The van der Waals surface area contributed by atoms with E-state index in [1.54, 1.807) is 81.4 Å². The Labute approximate surface area is 234 Å². The smallest absolute Gasteiger partial charge is 0.344 e. The number of methoxy groups -OCH3 is 1. The zero-order chi connectivity index (χ0) is 29.3. The van der Waals surface area contributed by atoms with Gasteiger partial charge in [-0.2, -0.15) is 5.10 Å². The first kappa shape index (κ1) is 30.2. The van der Waals surface area contributed by atoms with E-state index in [4.69, 9.17) is 14.2 Å². The fraction of sp³-hybridized carbons (Fsp3) is 0.276. The summed E-state index contributed by atoms with van der Waals surface area (Å²) in [6.07, 6.45) is 1.40. The molecule has 212 valence electrons. The Balaban J connectivity index is 1.68. The lowest BCUT2D eigenvalue weighted by Crippen LogP contribution is -2.39. The number of hydrogen-bond acceptors (Lipinski definition) is 8. The van der Waals surface area contributed by atoms with Gasteiger partial charge in [0.25, 0.3) is 15.9 Å². The molecule has 1 amide bonds. The van der Waals surface area contributed by atoms with Crippen LogP contribution >= 0.6 is 0 Å². The molecule has 0 aliphatic heterocycles. The van der Waals surface area contributed by atoms with Crippen molar-refractivity contribution < 1.29 is 32.2 Å². The number of benzene rings is 3. The van der Waals surface area contributed by atoms with Crippen LogP contribution in [0.15, 0.2) is 82.8 Å². The third kappa shape index (κ3) is 8.57. The molecule has 0 saturated heterocycles. The van der Waals surface area contributed by atoms with Crippen LogP contribution in [-0.2, 0) is 24.3 Å². The minimum atomic E-state index is -4.11. The minimum Gasteiger partial charge on any atom is -0.495 e. The molecule has 3 rings (SSSR count). The van der Waals surface area contributed by atoms with Crippen LogP contribution in [0.3, 0.4) is 0 Å². The maximum absolute atomic E-state index is 13.5. The molecule has 1 N–H and O–H groups in total. The molecule has 40 heavy (non-hydrogen) atoms. The number of nitrogens with zero attached hydrogens (tertiary/aromatic N) is 2. The van der Waals surface area contributed by atoms with Crippen LogP contribution in [-0.4, -0.2) is 52.4 Å². The van der Waals surface area contributed by atoms with Gasteiger partial charge in [0, 0.05) is 0 Å². The average Bonchev–Trinajstić information content (AvgIpc) is 2.90. The number of carbonyl (C=O) groups is 2. The van der Waals surface area contributed by atoms with Gasteiger partial charge in [0.15, 0.2) is 6.61 Å². The number of aryl methyl sites for hydroxylation is 1. The lowest BCUT2D eigenvalue weighted by molar-refractivity contribution is -0.157. The van der Waals surface area contributed by atoms with Crippen LogP contribution in [0, 0.1) is 6.92 Å². The van der Waals surface area contributed by atoms with Crippen molar-refractivity contribution >= 4 is 33.8 Å².